The highest BCUT2D eigenvalue weighted by molar-refractivity contribution is 9.10. The zero-order valence-corrected chi connectivity index (χ0v) is 9.70. The molecule has 1 aromatic carbocycles. The second-order valence-electron chi connectivity index (χ2n) is 3.90. The molecule has 0 spiro atoms. The summed E-state index contributed by atoms with van der Waals surface area (Å²) in [4.78, 5) is 0. The Bertz CT molecular complexity index is 349. The average molecular weight is 258 g/mol. The van der Waals surface area contributed by atoms with E-state index in [4.69, 9.17) is 0 Å². The maximum absolute atomic E-state index is 14.3. The summed E-state index contributed by atoms with van der Waals surface area (Å²) in [6.45, 7) is 3.14. The standard InChI is InChI=1S/C11H13BrFN/c1-11(13)5-6-14-7-8-3-2-4-9(12)10(8)11/h2-4,14H,5-7H2,1H3. The van der Waals surface area contributed by atoms with Gasteiger partial charge in [0.05, 0.1) is 0 Å². The van der Waals surface area contributed by atoms with Crippen LogP contribution in [-0.4, -0.2) is 6.54 Å². The van der Waals surface area contributed by atoms with Crippen LogP contribution in [0.25, 0.3) is 0 Å². The van der Waals surface area contributed by atoms with E-state index in [0.717, 1.165) is 28.7 Å². The van der Waals surface area contributed by atoms with Gasteiger partial charge in [0.25, 0.3) is 0 Å². The number of rotatable bonds is 0. The molecule has 1 aliphatic heterocycles. The van der Waals surface area contributed by atoms with Crippen LogP contribution < -0.4 is 5.32 Å². The van der Waals surface area contributed by atoms with Gasteiger partial charge in [-0.05, 0) is 31.5 Å². The van der Waals surface area contributed by atoms with E-state index in [9.17, 15) is 4.39 Å². The van der Waals surface area contributed by atoms with E-state index in [2.05, 4.69) is 21.2 Å². The summed E-state index contributed by atoms with van der Waals surface area (Å²) < 4.78 is 15.2. The molecule has 0 amide bonds. The van der Waals surface area contributed by atoms with Crippen molar-refractivity contribution in [3.05, 3.63) is 33.8 Å². The highest BCUT2D eigenvalue weighted by Gasteiger charge is 2.31. The third kappa shape index (κ3) is 1.71. The molecular formula is C11H13BrFN. The van der Waals surface area contributed by atoms with Gasteiger partial charge in [-0.2, -0.15) is 0 Å². The van der Waals surface area contributed by atoms with Crippen LogP contribution in [0.5, 0.6) is 0 Å². The largest absolute Gasteiger partial charge is 0.313 e. The van der Waals surface area contributed by atoms with E-state index in [1.54, 1.807) is 6.92 Å². The number of benzene rings is 1. The summed E-state index contributed by atoms with van der Waals surface area (Å²) in [6.07, 6.45) is 0.530. The fraction of sp³-hybridized carbons (Fsp3) is 0.455. The van der Waals surface area contributed by atoms with Gasteiger partial charge in [0.15, 0.2) is 0 Å². The molecule has 0 saturated heterocycles. The number of fused-ring (bicyclic) bond motifs is 1. The molecule has 1 aliphatic rings. The van der Waals surface area contributed by atoms with Crippen molar-refractivity contribution in [2.75, 3.05) is 6.54 Å². The molecule has 76 valence electrons. The lowest BCUT2D eigenvalue weighted by atomic mass is 9.91. The first-order valence-electron chi connectivity index (χ1n) is 4.79. The molecular weight excluding hydrogens is 245 g/mol. The van der Waals surface area contributed by atoms with E-state index in [-0.39, 0.29) is 0 Å². The van der Waals surface area contributed by atoms with Crippen LogP contribution >= 0.6 is 15.9 Å². The third-order valence-corrected chi connectivity index (χ3v) is 3.37. The molecule has 14 heavy (non-hydrogen) atoms. The Labute approximate surface area is 91.8 Å². The van der Waals surface area contributed by atoms with Crippen LogP contribution in [0.15, 0.2) is 22.7 Å². The Morgan fingerprint density at radius 2 is 2.29 bits per heavy atom. The Kier molecular flexibility index (Phi) is 2.62. The van der Waals surface area contributed by atoms with Crippen molar-refractivity contribution in [3.8, 4) is 0 Å². The van der Waals surface area contributed by atoms with Crippen molar-refractivity contribution in [1.29, 1.82) is 0 Å². The summed E-state index contributed by atoms with van der Waals surface area (Å²) in [5, 5.41) is 3.23. The molecule has 0 radical (unpaired) electrons. The van der Waals surface area contributed by atoms with Crippen LogP contribution in [0.1, 0.15) is 24.5 Å². The fourth-order valence-corrected chi connectivity index (χ4v) is 2.79. The molecule has 0 aromatic heterocycles. The average Bonchev–Trinajstić information content (AvgIpc) is 2.25. The lowest BCUT2D eigenvalue weighted by Crippen LogP contribution is -2.19. The van der Waals surface area contributed by atoms with Crippen molar-refractivity contribution in [3.63, 3.8) is 0 Å². The van der Waals surface area contributed by atoms with Crippen LogP contribution in [-0.2, 0) is 12.2 Å². The van der Waals surface area contributed by atoms with Gasteiger partial charge in [-0.3, -0.25) is 0 Å². The third-order valence-electron chi connectivity index (χ3n) is 2.71. The zero-order chi connectivity index (χ0) is 10.2. The minimum absolute atomic E-state index is 0.530. The van der Waals surface area contributed by atoms with E-state index < -0.39 is 5.67 Å². The number of halogens is 2. The Morgan fingerprint density at radius 1 is 1.50 bits per heavy atom. The Morgan fingerprint density at radius 3 is 3.07 bits per heavy atom. The van der Waals surface area contributed by atoms with E-state index in [0.29, 0.717) is 6.42 Å². The van der Waals surface area contributed by atoms with Crippen molar-refractivity contribution in [1.82, 2.24) is 5.32 Å². The van der Waals surface area contributed by atoms with Gasteiger partial charge in [-0.1, -0.05) is 28.1 Å². The summed E-state index contributed by atoms with van der Waals surface area (Å²) in [6, 6.07) is 5.84. The first kappa shape index (κ1) is 10.1. The van der Waals surface area contributed by atoms with Crippen LogP contribution in [0.4, 0.5) is 4.39 Å². The molecule has 2 rings (SSSR count). The summed E-state index contributed by atoms with van der Waals surface area (Å²) in [5.74, 6) is 0. The highest BCUT2D eigenvalue weighted by atomic mass is 79.9. The van der Waals surface area contributed by atoms with E-state index in [1.807, 2.05) is 18.2 Å². The lowest BCUT2D eigenvalue weighted by Gasteiger charge is -2.21. The maximum Gasteiger partial charge on any atom is 0.135 e. The second kappa shape index (κ2) is 3.63. The van der Waals surface area contributed by atoms with Crippen molar-refractivity contribution < 1.29 is 4.39 Å². The SMILES string of the molecule is CC1(F)CCNCc2cccc(Br)c21. The molecule has 1 N–H and O–H groups in total. The van der Waals surface area contributed by atoms with Crippen LogP contribution in [0, 0.1) is 0 Å². The van der Waals surface area contributed by atoms with Gasteiger partial charge in [0.2, 0.25) is 0 Å². The second-order valence-corrected chi connectivity index (χ2v) is 4.75. The van der Waals surface area contributed by atoms with Gasteiger partial charge in [0.1, 0.15) is 5.67 Å². The number of hydrogen-bond acceptors (Lipinski definition) is 1. The smallest absolute Gasteiger partial charge is 0.135 e. The van der Waals surface area contributed by atoms with Crippen molar-refractivity contribution >= 4 is 15.9 Å². The quantitative estimate of drug-likeness (QED) is 0.753. The molecule has 1 atom stereocenters. The molecule has 1 nitrogen and oxygen atoms in total. The Balaban J connectivity index is 2.58. The highest BCUT2D eigenvalue weighted by Crippen LogP contribution is 2.38. The predicted molar refractivity (Wildman–Crippen MR) is 58.9 cm³/mol. The summed E-state index contributed by atoms with van der Waals surface area (Å²) in [7, 11) is 0. The zero-order valence-electron chi connectivity index (χ0n) is 8.11. The fourth-order valence-electron chi connectivity index (χ4n) is 1.97. The summed E-state index contributed by atoms with van der Waals surface area (Å²) >= 11 is 3.42. The van der Waals surface area contributed by atoms with Gasteiger partial charge >= 0.3 is 0 Å². The normalized spacial score (nSPS) is 26.8. The number of nitrogens with one attached hydrogen (secondary N) is 1. The molecule has 1 heterocycles. The van der Waals surface area contributed by atoms with Gasteiger partial charge in [-0.15, -0.1) is 0 Å². The molecule has 1 aromatic rings. The molecule has 0 bridgehead atoms. The molecule has 0 aliphatic carbocycles. The van der Waals surface area contributed by atoms with Gasteiger partial charge in [-0.25, -0.2) is 4.39 Å². The maximum atomic E-state index is 14.3. The van der Waals surface area contributed by atoms with Gasteiger partial charge < -0.3 is 5.32 Å². The molecule has 0 saturated carbocycles. The first-order valence-corrected chi connectivity index (χ1v) is 5.58. The Hall–Kier alpha value is -0.410. The van der Waals surface area contributed by atoms with Crippen LogP contribution in [0.2, 0.25) is 0 Å². The molecule has 0 fully saturated rings. The number of hydrogen-bond donors (Lipinski definition) is 1. The van der Waals surface area contributed by atoms with E-state index >= 15 is 0 Å². The topological polar surface area (TPSA) is 12.0 Å². The molecule has 3 heteroatoms. The lowest BCUT2D eigenvalue weighted by molar-refractivity contribution is 0.179. The van der Waals surface area contributed by atoms with Gasteiger partial charge in [0, 0.05) is 16.6 Å². The monoisotopic (exact) mass is 257 g/mol. The van der Waals surface area contributed by atoms with Crippen molar-refractivity contribution in [2.45, 2.75) is 25.6 Å². The minimum Gasteiger partial charge on any atom is -0.313 e. The van der Waals surface area contributed by atoms with Crippen LogP contribution in [0.3, 0.4) is 0 Å². The van der Waals surface area contributed by atoms with Crippen molar-refractivity contribution in [2.24, 2.45) is 0 Å². The summed E-state index contributed by atoms with van der Waals surface area (Å²) in [5.41, 5.74) is 0.644. The van der Waals surface area contributed by atoms with E-state index in [1.165, 1.54) is 0 Å². The molecule has 1 unspecified atom stereocenters. The minimum atomic E-state index is -1.22. The first-order chi connectivity index (χ1) is 6.61. The predicted octanol–water partition coefficient (Wildman–Crippen LogP) is 3.13. The number of alkyl halides is 1.